The Labute approximate surface area is 108 Å². The molecule has 19 heavy (non-hydrogen) atoms. The van der Waals surface area contributed by atoms with Crippen molar-refractivity contribution in [3.63, 3.8) is 0 Å². The molecule has 96 valence electrons. The Morgan fingerprint density at radius 3 is 2.95 bits per heavy atom. The van der Waals surface area contributed by atoms with Gasteiger partial charge >= 0.3 is 0 Å². The number of pyridine rings is 2. The quantitative estimate of drug-likeness (QED) is 0.712. The van der Waals surface area contributed by atoms with E-state index in [0.717, 1.165) is 11.1 Å². The number of nitrogens with one attached hydrogen (secondary N) is 2. The fourth-order valence-electron chi connectivity index (χ4n) is 1.95. The molecule has 3 heterocycles. The Balaban J connectivity index is 1.93. The van der Waals surface area contributed by atoms with Crippen molar-refractivity contribution in [1.82, 2.24) is 30.6 Å². The molecule has 0 aliphatic carbocycles. The maximum atomic E-state index is 11.9. The second kappa shape index (κ2) is 4.60. The molecule has 0 radical (unpaired) electrons. The number of H-pyrrole nitrogens is 2. The first-order valence-corrected chi connectivity index (χ1v) is 5.94. The van der Waals surface area contributed by atoms with E-state index in [9.17, 15) is 4.79 Å². The van der Waals surface area contributed by atoms with Crippen molar-refractivity contribution >= 4 is 11.0 Å². The molecule has 2 N–H and O–H groups in total. The minimum atomic E-state index is -0.117. The second-order valence-electron chi connectivity index (χ2n) is 4.34. The highest BCUT2D eigenvalue weighted by atomic mass is 16.1. The van der Waals surface area contributed by atoms with Crippen molar-refractivity contribution in [2.24, 2.45) is 0 Å². The van der Waals surface area contributed by atoms with Crippen molar-refractivity contribution in [2.45, 2.75) is 19.8 Å². The molecule has 3 aromatic heterocycles. The average Bonchev–Trinajstić information content (AvgIpc) is 2.89. The van der Waals surface area contributed by atoms with Gasteiger partial charge in [-0.3, -0.25) is 4.79 Å². The number of fused-ring (bicyclic) bond motifs is 1. The summed E-state index contributed by atoms with van der Waals surface area (Å²) in [7, 11) is 0. The first kappa shape index (κ1) is 11.5. The summed E-state index contributed by atoms with van der Waals surface area (Å²) in [6, 6.07) is 5.73. The highest BCUT2D eigenvalue weighted by Gasteiger charge is 2.06. The zero-order valence-electron chi connectivity index (χ0n) is 10.3. The second-order valence-corrected chi connectivity index (χ2v) is 4.34. The molecule has 3 rings (SSSR count). The zero-order chi connectivity index (χ0) is 13.2. The van der Waals surface area contributed by atoms with Gasteiger partial charge in [0.25, 0.3) is 5.56 Å². The molecule has 0 atom stereocenters. The molecule has 0 aliphatic rings. The van der Waals surface area contributed by atoms with Crippen LogP contribution in [0.3, 0.4) is 0 Å². The summed E-state index contributed by atoms with van der Waals surface area (Å²) in [4.78, 5) is 19.0. The largest absolute Gasteiger partial charge is 0.306 e. The van der Waals surface area contributed by atoms with Crippen LogP contribution in [0, 0.1) is 6.92 Å². The number of aromatic amines is 2. The van der Waals surface area contributed by atoms with E-state index in [4.69, 9.17) is 0 Å². The SMILES string of the molecule is Cc1ccc2cc(CCc3nn[nH]n3)c(=O)[nH]c2n1. The van der Waals surface area contributed by atoms with E-state index >= 15 is 0 Å². The van der Waals surface area contributed by atoms with Crippen molar-refractivity contribution in [3.05, 3.63) is 45.6 Å². The molecule has 0 saturated carbocycles. The number of rotatable bonds is 3. The lowest BCUT2D eigenvalue weighted by Crippen LogP contribution is -2.14. The molecule has 0 bridgehead atoms. The Kier molecular flexibility index (Phi) is 2.79. The van der Waals surface area contributed by atoms with Crippen LogP contribution >= 0.6 is 0 Å². The predicted molar refractivity (Wildman–Crippen MR) is 68.7 cm³/mol. The molecule has 0 fully saturated rings. The predicted octanol–water partition coefficient (Wildman–Crippen LogP) is 0.530. The topological polar surface area (TPSA) is 100 Å². The summed E-state index contributed by atoms with van der Waals surface area (Å²) < 4.78 is 0. The summed E-state index contributed by atoms with van der Waals surface area (Å²) >= 11 is 0. The van der Waals surface area contributed by atoms with E-state index in [2.05, 4.69) is 30.6 Å². The molecule has 0 aromatic carbocycles. The lowest BCUT2D eigenvalue weighted by atomic mass is 10.1. The van der Waals surface area contributed by atoms with Gasteiger partial charge in [-0.25, -0.2) is 4.98 Å². The van der Waals surface area contributed by atoms with Crippen LogP contribution in [-0.2, 0) is 12.8 Å². The highest BCUT2D eigenvalue weighted by molar-refractivity contribution is 5.75. The van der Waals surface area contributed by atoms with Gasteiger partial charge in [0.15, 0.2) is 5.82 Å². The van der Waals surface area contributed by atoms with Gasteiger partial charge < -0.3 is 4.98 Å². The van der Waals surface area contributed by atoms with E-state index in [-0.39, 0.29) is 5.56 Å². The van der Waals surface area contributed by atoms with Crippen molar-refractivity contribution in [3.8, 4) is 0 Å². The maximum Gasteiger partial charge on any atom is 0.252 e. The molecule has 0 unspecified atom stereocenters. The molecule has 7 nitrogen and oxygen atoms in total. The van der Waals surface area contributed by atoms with Gasteiger partial charge in [-0.15, -0.1) is 10.2 Å². The van der Waals surface area contributed by atoms with E-state index < -0.39 is 0 Å². The number of hydrogen-bond acceptors (Lipinski definition) is 5. The van der Waals surface area contributed by atoms with E-state index in [1.54, 1.807) is 0 Å². The van der Waals surface area contributed by atoms with E-state index in [1.807, 2.05) is 25.1 Å². The normalized spacial score (nSPS) is 11.0. The van der Waals surface area contributed by atoms with Gasteiger partial charge in [0.2, 0.25) is 0 Å². The third kappa shape index (κ3) is 2.35. The van der Waals surface area contributed by atoms with Crippen LogP contribution in [0.4, 0.5) is 0 Å². The number of hydrogen-bond donors (Lipinski definition) is 2. The van der Waals surface area contributed by atoms with Gasteiger partial charge in [-0.1, -0.05) is 5.21 Å². The monoisotopic (exact) mass is 256 g/mol. The summed E-state index contributed by atoms with van der Waals surface area (Å²) in [5.41, 5.74) is 2.08. The van der Waals surface area contributed by atoms with Gasteiger partial charge in [0.1, 0.15) is 5.65 Å². The number of aryl methyl sites for hydroxylation is 3. The lowest BCUT2D eigenvalue weighted by molar-refractivity contribution is 0.854. The van der Waals surface area contributed by atoms with E-state index in [1.165, 1.54) is 0 Å². The van der Waals surface area contributed by atoms with Crippen LogP contribution in [0.5, 0.6) is 0 Å². The smallest absolute Gasteiger partial charge is 0.252 e. The first-order chi connectivity index (χ1) is 9.22. The molecular formula is C12H12N6O. The molecule has 0 spiro atoms. The molecule has 0 amide bonds. The van der Waals surface area contributed by atoms with Gasteiger partial charge in [0.05, 0.1) is 0 Å². The number of nitrogens with zero attached hydrogens (tertiary/aromatic N) is 4. The molecule has 3 aromatic rings. The van der Waals surface area contributed by atoms with Crippen LogP contribution in [-0.4, -0.2) is 30.6 Å². The summed E-state index contributed by atoms with van der Waals surface area (Å²) in [5.74, 6) is 0.599. The highest BCUT2D eigenvalue weighted by Crippen LogP contribution is 2.10. The van der Waals surface area contributed by atoms with Crippen LogP contribution in [0.25, 0.3) is 11.0 Å². The molecule has 7 heteroatoms. The molecule has 0 saturated heterocycles. The van der Waals surface area contributed by atoms with Crippen LogP contribution in [0.2, 0.25) is 0 Å². The van der Waals surface area contributed by atoms with Crippen molar-refractivity contribution in [2.75, 3.05) is 0 Å². The molecule has 0 aliphatic heterocycles. The zero-order valence-corrected chi connectivity index (χ0v) is 10.3. The number of tetrazole rings is 1. The average molecular weight is 256 g/mol. The first-order valence-electron chi connectivity index (χ1n) is 5.94. The Bertz CT molecular complexity index is 761. The standard InChI is InChI=1S/C12H12N6O/c1-7-2-3-8-6-9(12(19)14-11(8)13-7)4-5-10-15-17-18-16-10/h2-3,6H,4-5H2,1H3,(H,13,14,19)(H,15,16,17,18). The van der Waals surface area contributed by atoms with Crippen molar-refractivity contribution < 1.29 is 0 Å². The Morgan fingerprint density at radius 1 is 1.26 bits per heavy atom. The minimum absolute atomic E-state index is 0.117. The van der Waals surface area contributed by atoms with Crippen molar-refractivity contribution in [1.29, 1.82) is 0 Å². The third-order valence-electron chi connectivity index (χ3n) is 2.93. The van der Waals surface area contributed by atoms with Gasteiger partial charge in [-0.05, 0) is 31.5 Å². The fraction of sp³-hybridized carbons (Fsp3) is 0.250. The molecular weight excluding hydrogens is 244 g/mol. The summed E-state index contributed by atoms with van der Waals surface area (Å²) in [6.07, 6.45) is 1.14. The van der Waals surface area contributed by atoms with Crippen LogP contribution in [0.15, 0.2) is 23.0 Å². The van der Waals surface area contributed by atoms with Gasteiger partial charge in [-0.2, -0.15) is 5.21 Å². The minimum Gasteiger partial charge on any atom is -0.306 e. The Hall–Kier alpha value is -2.57. The van der Waals surface area contributed by atoms with Gasteiger partial charge in [0, 0.05) is 23.1 Å². The summed E-state index contributed by atoms with van der Waals surface area (Å²) in [5, 5.41) is 14.5. The lowest BCUT2D eigenvalue weighted by Gasteiger charge is -2.02. The van der Waals surface area contributed by atoms with Crippen LogP contribution < -0.4 is 5.56 Å². The van der Waals surface area contributed by atoms with Crippen LogP contribution in [0.1, 0.15) is 17.1 Å². The number of aromatic nitrogens is 6. The van der Waals surface area contributed by atoms with E-state index in [0.29, 0.717) is 29.9 Å². The Morgan fingerprint density at radius 2 is 2.16 bits per heavy atom. The maximum absolute atomic E-state index is 11.9. The fourth-order valence-corrected chi connectivity index (χ4v) is 1.95. The summed E-state index contributed by atoms with van der Waals surface area (Å²) in [6.45, 7) is 1.89. The third-order valence-corrected chi connectivity index (χ3v) is 2.93.